The molecule has 2 aromatic rings. The zero-order valence-corrected chi connectivity index (χ0v) is 10.8. The molecule has 2 rings (SSSR count). The van der Waals surface area contributed by atoms with Gasteiger partial charge in [-0.25, -0.2) is 0 Å². The van der Waals surface area contributed by atoms with E-state index in [0.717, 1.165) is 11.6 Å². The second-order valence-corrected chi connectivity index (χ2v) is 4.62. The number of benzene rings is 1. The van der Waals surface area contributed by atoms with E-state index in [4.69, 9.17) is 0 Å². The number of hydrogen-bond acceptors (Lipinski definition) is 1. The van der Waals surface area contributed by atoms with Crippen molar-refractivity contribution in [3.8, 4) is 0 Å². The lowest BCUT2D eigenvalue weighted by molar-refractivity contribution is -0.138. The van der Waals surface area contributed by atoms with Crippen molar-refractivity contribution >= 4 is 21.6 Å². The topological polar surface area (TPSA) is 27.8 Å². The maximum absolute atomic E-state index is 12.7. The number of aromatic amines is 1. The minimum atomic E-state index is -4.36. The number of hydrogen-bond donors (Lipinski definition) is 2. The van der Waals surface area contributed by atoms with Crippen molar-refractivity contribution in [2.75, 3.05) is 5.32 Å². The maximum Gasteiger partial charge on any atom is 0.417 e. The van der Waals surface area contributed by atoms with Crippen LogP contribution in [0.2, 0.25) is 0 Å². The van der Waals surface area contributed by atoms with Gasteiger partial charge in [-0.15, -0.1) is 0 Å². The van der Waals surface area contributed by atoms with Gasteiger partial charge in [0.15, 0.2) is 0 Å². The van der Waals surface area contributed by atoms with E-state index in [0.29, 0.717) is 12.2 Å². The second kappa shape index (κ2) is 5.06. The third-order valence-electron chi connectivity index (χ3n) is 2.43. The highest BCUT2D eigenvalue weighted by Crippen LogP contribution is 2.36. The quantitative estimate of drug-likeness (QED) is 0.862. The fourth-order valence-electron chi connectivity index (χ4n) is 1.52. The van der Waals surface area contributed by atoms with E-state index < -0.39 is 11.7 Å². The van der Waals surface area contributed by atoms with E-state index in [1.807, 2.05) is 6.07 Å². The molecule has 0 fully saturated rings. The van der Waals surface area contributed by atoms with Crippen LogP contribution < -0.4 is 5.32 Å². The Balaban J connectivity index is 2.15. The minimum absolute atomic E-state index is 0.0437. The molecule has 6 heteroatoms. The highest BCUT2D eigenvalue weighted by atomic mass is 79.9. The third-order valence-corrected chi connectivity index (χ3v) is 3.12. The smallest absolute Gasteiger partial charge is 0.381 e. The molecule has 1 heterocycles. The van der Waals surface area contributed by atoms with Crippen molar-refractivity contribution in [2.45, 2.75) is 12.7 Å². The molecule has 1 aromatic heterocycles. The molecule has 0 aliphatic carbocycles. The van der Waals surface area contributed by atoms with Crippen LogP contribution in [-0.2, 0) is 12.7 Å². The van der Waals surface area contributed by atoms with Gasteiger partial charge >= 0.3 is 6.18 Å². The first kappa shape index (κ1) is 13.0. The number of anilines is 1. The first-order valence-electron chi connectivity index (χ1n) is 5.19. The van der Waals surface area contributed by atoms with Gasteiger partial charge in [0.1, 0.15) is 0 Å². The normalized spacial score (nSPS) is 11.6. The standard InChI is InChI=1S/C12H10BrF3N2/c13-11-2-1-9(5-10(11)12(14,15)16)18-7-8-3-4-17-6-8/h1-6,17-18H,7H2. The molecule has 0 unspecified atom stereocenters. The number of aromatic nitrogens is 1. The Bertz CT molecular complexity index is 521. The van der Waals surface area contributed by atoms with Crippen LogP contribution in [0.1, 0.15) is 11.1 Å². The van der Waals surface area contributed by atoms with E-state index in [2.05, 4.69) is 26.2 Å². The fraction of sp³-hybridized carbons (Fsp3) is 0.167. The number of nitrogens with one attached hydrogen (secondary N) is 2. The lowest BCUT2D eigenvalue weighted by Gasteiger charge is -2.12. The molecule has 0 atom stereocenters. The number of H-pyrrole nitrogens is 1. The van der Waals surface area contributed by atoms with Gasteiger partial charge in [0, 0.05) is 29.1 Å². The van der Waals surface area contributed by atoms with Crippen LogP contribution in [0.4, 0.5) is 18.9 Å². The van der Waals surface area contributed by atoms with Crippen LogP contribution >= 0.6 is 15.9 Å². The molecule has 96 valence electrons. The molecule has 2 nitrogen and oxygen atoms in total. The van der Waals surface area contributed by atoms with Gasteiger partial charge in [-0.2, -0.15) is 13.2 Å². The van der Waals surface area contributed by atoms with E-state index in [9.17, 15) is 13.2 Å². The average molecular weight is 319 g/mol. The molecule has 0 radical (unpaired) electrons. The van der Waals surface area contributed by atoms with Crippen molar-refractivity contribution in [3.05, 3.63) is 52.3 Å². The van der Waals surface area contributed by atoms with Crippen LogP contribution in [0, 0.1) is 0 Å². The van der Waals surface area contributed by atoms with Gasteiger partial charge in [-0.1, -0.05) is 15.9 Å². The van der Waals surface area contributed by atoms with Gasteiger partial charge in [-0.3, -0.25) is 0 Å². The third kappa shape index (κ3) is 3.07. The molecule has 0 saturated carbocycles. The predicted molar refractivity (Wildman–Crippen MR) is 67.3 cm³/mol. The van der Waals surface area contributed by atoms with Crippen LogP contribution in [0.25, 0.3) is 0 Å². The lowest BCUT2D eigenvalue weighted by atomic mass is 10.2. The summed E-state index contributed by atoms with van der Waals surface area (Å²) in [5.74, 6) is 0. The second-order valence-electron chi connectivity index (χ2n) is 3.77. The van der Waals surface area contributed by atoms with Gasteiger partial charge in [-0.05, 0) is 29.8 Å². The Morgan fingerprint density at radius 2 is 2.00 bits per heavy atom. The number of alkyl halides is 3. The number of rotatable bonds is 3. The summed E-state index contributed by atoms with van der Waals surface area (Å²) in [7, 11) is 0. The average Bonchev–Trinajstić information content (AvgIpc) is 2.79. The highest BCUT2D eigenvalue weighted by Gasteiger charge is 2.33. The zero-order valence-electron chi connectivity index (χ0n) is 9.18. The Morgan fingerprint density at radius 1 is 1.22 bits per heavy atom. The summed E-state index contributed by atoms with van der Waals surface area (Å²) in [6, 6.07) is 5.95. The van der Waals surface area contributed by atoms with E-state index in [1.165, 1.54) is 6.07 Å². The first-order chi connectivity index (χ1) is 8.47. The summed E-state index contributed by atoms with van der Waals surface area (Å²) >= 11 is 2.90. The Hall–Kier alpha value is -1.43. The molecular formula is C12H10BrF3N2. The summed E-state index contributed by atoms with van der Waals surface area (Å²) in [4.78, 5) is 2.88. The van der Waals surface area contributed by atoms with Crippen LogP contribution in [0.15, 0.2) is 41.1 Å². The Kier molecular flexibility index (Phi) is 3.65. The summed E-state index contributed by atoms with van der Waals surface area (Å²) in [5.41, 5.74) is 0.736. The Labute approximate surface area is 110 Å². The monoisotopic (exact) mass is 318 g/mol. The van der Waals surface area contributed by atoms with Crippen LogP contribution in [0.3, 0.4) is 0 Å². The molecule has 0 saturated heterocycles. The van der Waals surface area contributed by atoms with Crippen molar-refractivity contribution in [1.82, 2.24) is 4.98 Å². The summed E-state index contributed by atoms with van der Waals surface area (Å²) in [6.45, 7) is 0.475. The minimum Gasteiger partial charge on any atom is -0.381 e. The summed E-state index contributed by atoms with van der Waals surface area (Å²) in [6.07, 6.45) is -0.805. The highest BCUT2D eigenvalue weighted by molar-refractivity contribution is 9.10. The van der Waals surface area contributed by atoms with Gasteiger partial charge in [0.05, 0.1) is 5.56 Å². The maximum atomic E-state index is 12.7. The van der Waals surface area contributed by atoms with Gasteiger partial charge < -0.3 is 10.3 Å². The summed E-state index contributed by atoms with van der Waals surface area (Å²) < 4.78 is 38.1. The van der Waals surface area contributed by atoms with E-state index in [1.54, 1.807) is 18.5 Å². The number of halogens is 4. The summed E-state index contributed by atoms with van der Waals surface area (Å²) in [5, 5.41) is 2.95. The molecule has 0 bridgehead atoms. The Morgan fingerprint density at radius 3 is 2.61 bits per heavy atom. The molecule has 0 aliphatic heterocycles. The molecule has 1 aromatic carbocycles. The lowest BCUT2D eigenvalue weighted by Crippen LogP contribution is -2.07. The van der Waals surface area contributed by atoms with Crippen molar-refractivity contribution in [2.24, 2.45) is 0 Å². The van der Waals surface area contributed by atoms with E-state index in [-0.39, 0.29) is 4.47 Å². The molecule has 0 spiro atoms. The van der Waals surface area contributed by atoms with Crippen molar-refractivity contribution in [1.29, 1.82) is 0 Å². The molecule has 2 N–H and O–H groups in total. The molecular weight excluding hydrogens is 309 g/mol. The fourth-order valence-corrected chi connectivity index (χ4v) is 2.00. The SMILES string of the molecule is FC(F)(F)c1cc(NCc2cc[nH]c2)ccc1Br. The first-order valence-corrected chi connectivity index (χ1v) is 5.98. The largest absolute Gasteiger partial charge is 0.417 e. The van der Waals surface area contributed by atoms with Gasteiger partial charge in [0.2, 0.25) is 0 Å². The van der Waals surface area contributed by atoms with Gasteiger partial charge in [0.25, 0.3) is 0 Å². The van der Waals surface area contributed by atoms with Crippen LogP contribution in [0.5, 0.6) is 0 Å². The van der Waals surface area contributed by atoms with Crippen molar-refractivity contribution < 1.29 is 13.2 Å². The molecule has 18 heavy (non-hydrogen) atoms. The van der Waals surface area contributed by atoms with Crippen molar-refractivity contribution in [3.63, 3.8) is 0 Å². The zero-order chi connectivity index (χ0) is 13.2. The van der Waals surface area contributed by atoms with Crippen LogP contribution in [-0.4, -0.2) is 4.98 Å². The predicted octanol–water partition coefficient (Wildman–Crippen LogP) is 4.41. The molecule has 0 aliphatic rings. The molecule has 0 amide bonds. The van der Waals surface area contributed by atoms with E-state index >= 15 is 0 Å².